The fraction of sp³-hybridized carbons (Fsp3) is 0.450. The molecule has 1 aliphatic rings. The lowest BCUT2D eigenvalue weighted by molar-refractivity contribution is -0.153. The number of piperazine rings is 1. The van der Waals surface area contributed by atoms with E-state index >= 15 is 0 Å². The highest BCUT2D eigenvalue weighted by atomic mass is 32.1. The van der Waals surface area contributed by atoms with E-state index in [1.54, 1.807) is 28.4 Å². The second kappa shape index (κ2) is 9.49. The predicted octanol–water partition coefficient (Wildman–Crippen LogP) is 4.28. The number of nitrogens with zero attached hydrogens (tertiary/aromatic N) is 2. The quantitative estimate of drug-likeness (QED) is 0.749. The van der Waals surface area contributed by atoms with Crippen LogP contribution in [0.15, 0.2) is 41.8 Å². The van der Waals surface area contributed by atoms with E-state index in [-0.39, 0.29) is 17.8 Å². The Kier molecular flexibility index (Phi) is 7.02. The van der Waals surface area contributed by atoms with E-state index < -0.39 is 12.8 Å². The fourth-order valence-corrected chi connectivity index (χ4v) is 3.86. The number of benzene rings is 1. The van der Waals surface area contributed by atoms with E-state index in [2.05, 4.69) is 21.7 Å². The van der Waals surface area contributed by atoms with Crippen LogP contribution in [0, 0.1) is 0 Å². The van der Waals surface area contributed by atoms with Gasteiger partial charge >= 0.3 is 12.2 Å². The van der Waals surface area contributed by atoms with Gasteiger partial charge in [0.05, 0.1) is 6.04 Å². The van der Waals surface area contributed by atoms with Crippen molar-refractivity contribution in [3.63, 3.8) is 0 Å². The number of carbonyl (C=O) groups is 1. The molecule has 0 spiro atoms. The monoisotopic (exact) mass is 427 g/mol. The summed E-state index contributed by atoms with van der Waals surface area (Å²) in [4.78, 5) is 18.0. The molecule has 0 saturated carbocycles. The van der Waals surface area contributed by atoms with Crippen molar-refractivity contribution < 1.29 is 22.7 Å². The summed E-state index contributed by atoms with van der Waals surface area (Å²) in [5.74, 6) is 0.145. The molecule has 9 heteroatoms. The zero-order valence-electron chi connectivity index (χ0n) is 16.1. The largest absolute Gasteiger partial charge is 0.484 e. The number of hydrogen-bond donors (Lipinski definition) is 1. The van der Waals surface area contributed by atoms with Crippen LogP contribution < -0.4 is 10.1 Å². The molecule has 158 valence electrons. The second-order valence-electron chi connectivity index (χ2n) is 6.99. The molecule has 1 aromatic heterocycles. The number of amides is 2. The lowest BCUT2D eigenvalue weighted by atomic mass is 10.1. The minimum Gasteiger partial charge on any atom is -0.484 e. The van der Waals surface area contributed by atoms with Crippen molar-refractivity contribution in [2.45, 2.75) is 25.7 Å². The Morgan fingerprint density at radius 3 is 2.45 bits per heavy atom. The molecular formula is C20H24F3N3O2S. The Morgan fingerprint density at radius 2 is 1.86 bits per heavy atom. The smallest absolute Gasteiger partial charge is 0.422 e. The van der Waals surface area contributed by atoms with Crippen molar-refractivity contribution >= 4 is 17.4 Å². The number of hydrogen-bond acceptors (Lipinski definition) is 4. The number of rotatable bonds is 6. The molecule has 0 aliphatic carbocycles. The highest BCUT2D eigenvalue weighted by molar-refractivity contribution is 7.09. The van der Waals surface area contributed by atoms with Crippen LogP contribution in [0.2, 0.25) is 0 Å². The minimum absolute atomic E-state index is 0.134. The van der Waals surface area contributed by atoms with Gasteiger partial charge in [-0.1, -0.05) is 18.2 Å². The number of halogens is 3. The van der Waals surface area contributed by atoms with Crippen molar-refractivity contribution in [3.8, 4) is 5.75 Å². The van der Waals surface area contributed by atoms with Crippen LogP contribution in [-0.2, 0) is 6.54 Å². The molecule has 1 fully saturated rings. The van der Waals surface area contributed by atoms with Crippen molar-refractivity contribution in [1.29, 1.82) is 0 Å². The molecule has 2 amide bonds. The van der Waals surface area contributed by atoms with Crippen molar-refractivity contribution in [2.75, 3.05) is 32.8 Å². The summed E-state index contributed by atoms with van der Waals surface area (Å²) in [5.41, 5.74) is 0.800. The Balaban J connectivity index is 1.44. The lowest BCUT2D eigenvalue weighted by Crippen LogP contribution is -2.51. The molecule has 1 saturated heterocycles. The van der Waals surface area contributed by atoms with E-state index in [0.29, 0.717) is 13.1 Å². The first-order chi connectivity index (χ1) is 13.8. The molecule has 3 rings (SSSR count). The highest BCUT2D eigenvalue weighted by Gasteiger charge is 2.28. The maximum Gasteiger partial charge on any atom is 0.422 e. The Labute approximate surface area is 172 Å². The van der Waals surface area contributed by atoms with Gasteiger partial charge in [0.15, 0.2) is 6.61 Å². The molecule has 1 aromatic carbocycles. The van der Waals surface area contributed by atoms with Gasteiger partial charge in [0, 0.05) is 37.6 Å². The standard InChI is InChI=1S/C20H24F3N3O2S/c1-15(16-4-6-17(7-5-16)28-14-20(21,22)23)24-19(27)26-10-8-25(9-11-26)13-18-3-2-12-29-18/h2-7,12,15H,8-11,13-14H2,1H3,(H,24,27). The molecule has 0 radical (unpaired) electrons. The first kappa shape index (κ1) is 21.4. The average molecular weight is 427 g/mol. The van der Waals surface area contributed by atoms with Gasteiger partial charge in [0.1, 0.15) is 5.75 Å². The van der Waals surface area contributed by atoms with Crippen LogP contribution in [-0.4, -0.2) is 54.8 Å². The first-order valence-corrected chi connectivity index (χ1v) is 10.3. The minimum atomic E-state index is -4.37. The summed E-state index contributed by atoms with van der Waals surface area (Å²) in [6.07, 6.45) is -4.37. The summed E-state index contributed by atoms with van der Waals surface area (Å²) in [6, 6.07) is 10.0. The predicted molar refractivity (Wildman–Crippen MR) is 106 cm³/mol. The van der Waals surface area contributed by atoms with Gasteiger partial charge in [-0.05, 0) is 36.1 Å². The Bertz CT molecular complexity index is 773. The third kappa shape index (κ3) is 6.64. The van der Waals surface area contributed by atoms with Gasteiger partial charge in [0.25, 0.3) is 0 Å². The van der Waals surface area contributed by atoms with Crippen LogP contribution in [0.1, 0.15) is 23.4 Å². The number of nitrogens with one attached hydrogen (secondary N) is 1. The van der Waals surface area contributed by atoms with Crippen molar-refractivity contribution in [3.05, 3.63) is 52.2 Å². The van der Waals surface area contributed by atoms with Crippen LogP contribution in [0.5, 0.6) is 5.75 Å². The zero-order chi connectivity index (χ0) is 20.9. The number of alkyl halides is 3. The Morgan fingerprint density at radius 1 is 1.17 bits per heavy atom. The molecule has 1 atom stereocenters. The zero-order valence-corrected chi connectivity index (χ0v) is 16.9. The summed E-state index contributed by atoms with van der Waals surface area (Å²) in [6.45, 7) is 4.40. The SMILES string of the molecule is CC(NC(=O)N1CCN(Cc2cccs2)CC1)c1ccc(OCC(F)(F)F)cc1. The van der Waals surface area contributed by atoms with Crippen LogP contribution in [0.4, 0.5) is 18.0 Å². The van der Waals surface area contributed by atoms with Gasteiger partial charge in [-0.15, -0.1) is 11.3 Å². The van der Waals surface area contributed by atoms with Gasteiger partial charge in [-0.3, -0.25) is 4.90 Å². The van der Waals surface area contributed by atoms with Crippen LogP contribution in [0.25, 0.3) is 0 Å². The average Bonchev–Trinajstić information content (AvgIpc) is 3.20. The second-order valence-corrected chi connectivity index (χ2v) is 8.02. The molecule has 1 N–H and O–H groups in total. The van der Waals surface area contributed by atoms with E-state index in [0.717, 1.165) is 25.2 Å². The van der Waals surface area contributed by atoms with Crippen LogP contribution in [0.3, 0.4) is 0 Å². The van der Waals surface area contributed by atoms with Gasteiger partial charge < -0.3 is 15.0 Å². The maximum absolute atomic E-state index is 12.5. The molecule has 2 heterocycles. The van der Waals surface area contributed by atoms with Gasteiger partial charge in [-0.2, -0.15) is 13.2 Å². The summed E-state index contributed by atoms with van der Waals surface area (Å²) < 4.78 is 41.3. The fourth-order valence-electron chi connectivity index (χ4n) is 3.11. The van der Waals surface area contributed by atoms with E-state index in [4.69, 9.17) is 4.74 Å². The molecule has 1 unspecified atom stereocenters. The molecule has 0 bridgehead atoms. The topological polar surface area (TPSA) is 44.8 Å². The summed E-state index contributed by atoms with van der Waals surface area (Å²) in [5, 5.41) is 5.02. The van der Waals surface area contributed by atoms with Crippen molar-refractivity contribution in [1.82, 2.24) is 15.1 Å². The number of ether oxygens (including phenoxy) is 1. The summed E-state index contributed by atoms with van der Waals surface area (Å²) in [7, 11) is 0. The third-order valence-corrected chi connectivity index (χ3v) is 5.60. The van der Waals surface area contributed by atoms with E-state index in [9.17, 15) is 18.0 Å². The van der Waals surface area contributed by atoms with Crippen LogP contribution >= 0.6 is 11.3 Å². The van der Waals surface area contributed by atoms with Crippen molar-refractivity contribution in [2.24, 2.45) is 0 Å². The van der Waals surface area contributed by atoms with E-state index in [1.807, 2.05) is 13.0 Å². The highest BCUT2D eigenvalue weighted by Crippen LogP contribution is 2.21. The number of thiophene rings is 1. The lowest BCUT2D eigenvalue weighted by Gasteiger charge is -2.35. The molecule has 5 nitrogen and oxygen atoms in total. The normalized spacial score (nSPS) is 16.5. The molecule has 1 aliphatic heterocycles. The molecule has 2 aromatic rings. The van der Waals surface area contributed by atoms with E-state index in [1.165, 1.54) is 17.0 Å². The number of urea groups is 1. The number of carbonyl (C=O) groups excluding carboxylic acids is 1. The van der Waals surface area contributed by atoms with Gasteiger partial charge in [0.2, 0.25) is 0 Å². The van der Waals surface area contributed by atoms with Gasteiger partial charge in [-0.25, -0.2) is 4.79 Å². The first-order valence-electron chi connectivity index (χ1n) is 9.40. The molecule has 29 heavy (non-hydrogen) atoms. The maximum atomic E-state index is 12.5. The summed E-state index contributed by atoms with van der Waals surface area (Å²) >= 11 is 1.74. The Hall–Kier alpha value is -2.26. The molecular weight excluding hydrogens is 403 g/mol. The third-order valence-electron chi connectivity index (χ3n) is 4.74.